The fourth-order valence-corrected chi connectivity index (χ4v) is 2.14. The number of hydrogen-bond donors (Lipinski definition) is 1. The molecular weight excluding hydrogens is 268 g/mol. The first kappa shape index (κ1) is 15.3. The van der Waals surface area contributed by atoms with E-state index in [2.05, 4.69) is 0 Å². The van der Waals surface area contributed by atoms with Crippen LogP contribution in [0.15, 0.2) is 36.4 Å². The largest absolute Gasteiger partial charge is 0.497 e. The maximum absolute atomic E-state index is 11.9. The molecule has 0 amide bonds. The maximum atomic E-state index is 11.9. The van der Waals surface area contributed by atoms with Gasteiger partial charge in [0.1, 0.15) is 5.75 Å². The molecule has 0 aliphatic rings. The van der Waals surface area contributed by atoms with E-state index in [9.17, 15) is 4.79 Å². The molecule has 0 aliphatic carbocycles. The summed E-state index contributed by atoms with van der Waals surface area (Å²) >= 11 is 0. The highest BCUT2D eigenvalue weighted by Gasteiger charge is 2.17. The molecule has 1 N–H and O–H groups in total. The predicted molar refractivity (Wildman–Crippen MR) is 81.6 cm³/mol. The van der Waals surface area contributed by atoms with Crippen molar-refractivity contribution in [2.45, 2.75) is 19.3 Å². The summed E-state index contributed by atoms with van der Waals surface area (Å²) in [4.78, 5) is 11.9. The summed E-state index contributed by atoms with van der Waals surface area (Å²) in [6.07, 6.45) is 0.468. The Hall–Kier alpha value is -2.07. The van der Waals surface area contributed by atoms with Crippen molar-refractivity contribution in [2.24, 2.45) is 0 Å². The smallest absolute Gasteiger partial charge is 0.313 e. The summed E-state index contributed by atoms with van der Waals surface area (Å²) in [5, 5.41) is 10.8. The zero-order valence-corrected chi connectivity index (χ0v) is 12.3. The van der Waals surface area contributed by atoms with Crippen molar-refractivity contribution in [3.05, 3.63) is 42.0 Å². The molecule has 4 heteroatoms. The van der Waals surface area contributed by atoms with E-state index >= 15 is 0 Å². The van der Waals surface area contributed by atoms with E-state index in [4.69, 9.17) is 14.6 Å². The minimum Gasteiger partial charge on any atom is -0.497 e. The van der Waals surface area contributed by atoms with Crippen LogP contribution >= 0.6 is 0 Å². The van der Waals surface area contributed by atoms with Gasteiger partial charge in [0.2, 0.25) is 0 Å². The molecule has 1 atom stereocenters. The fourth-order valence-electron chi connectivity index (χ4n) is 2.14. The second-order valence-electron chi connectivity index (χ2n) is 4.94. The number of aliphatic hydroxyl groups is 1. The van der Waals surface area contributed by atoms with Crippen LogP contribution in [-0.2, 0) is 9.53 Å². The lowest BCUT2D eigenvalue weighted by molar-refractivity contribution is -0.145. The van der Waals surface area contributed by atoms with Gasteiger partial charge < -0.3 is 14.6 Å². The molecule has 0 unspecified atom stereocenters. The van der Waals surface area contributed by atoms with Gasteiger partial charge in [-0.05, 0) is 35.4 Å². The number of fused-ring (bicyclic) bond motifs is 1. The molecule has 0 aromatic heterocycles. The van der Waals surface area contributed by atoms with Crippen LogP contribution in [0.25, 0.3) is 10.8 Å². The summed E-state index contributed by atoms with van der Waals surface area (Å²) in [7, 11) is 1.64. The zero-order chi connectivity index (χ0) is 15.2. The van der Waals surface area contributed by atoms with Crippen molar-refractivity contribution in [3.63, 3.8) is 0 Å². The first-order valence-corrected chi connectivity index (χ1v) is 7.01. The number of methoxy groups -OCH3 is 1. The second-order valence-corrected chi connectivity index (χ2v) is 4.94. The number of rotatable bonds is 6. The van der Waals surface area contributed by atoms with Crippen LogP contribution in [0.3, 0.4) is 0 Å². The minimum absolute atomic E-state index is 0.0273. The molecule has 2 aromatic carbocycles. The summed E-state index contributed by atoms with van der Waals surface area (Å²) in [5.41, 5.74) is 0.918. The molecule has 0 saturated carbocycles. The van der Waals surface area contributed by atoms with Crippen molar-refractivity contribution in [3.8, 4) is 5.75 Å². The highest BCUT2D eigenvalue weighted by atomic mass is 16.5. The van der Waals surface area contributed by atoms with Crippen molar-refractivity contribution in [1.82, 2.24) is 0 Å². The zero-order valence-electron chi connectivity index (χ0n) is 12.3. The summed E-state index contributed by atoms with van der Waals surface area (Å²) < 4.78 is 10.3. The Morgan fingerprint density at radius 1 is 1.19 bits per heavy atom. The van der Waals surface area contributed by atoms with E-state index in [1.54, 1.807) is 7.11 Å². The molecule has 0 spiro atoms. The SMILES string of the molecule is COc1ccc2cc([C@H](C)C(=O)OCCCO)ccc2c1. The van der Waals surface area contributed by atoms with E-state index < -0.39 is 0 Å². The number of benzene rings is 2. The molecule has 0 bridgehead atoms. The molecule has 112 valence electrons. The molecule has 0 radical (unpaired) electrons. The first-order chi connectivity index (χ1) is 10.2. The lowest BCUT2D eigenvalue weighted by Gasteiger charge is -2.12. The van der Waals surface area contributed by atoms with Gasteiger partial charge in [0.05, 0.1) is 19.6 Å². The number of hydrogen-bond acceptors (Lipinski definition) is 4. The summed E-state index contributed by atoms with van der Waals surface area (Å²) in [6, 6.07) is 11.7. The van der Waals surface area contributed by atoms with Gasteiger partial charge in [-0.15, -0.1) is 0 Å². The highest BCUT2D eigenvalue weighted by Crippen LogP contribution is 2.25. The lowest BCUT2D eigenvalue weighted by atomic mass is 9.98. The van der Waals surface area contributed by atoms with Crippen molar-refractivity contribution in [1.29, 1.82) is 0 Å². The Bertz CT molecular complexity index is 621. The van der Waals surface area contributed by atoms with Gasteiger partial charge in [-0.1, -0.05) is 24.3 Å². The number of aliphatic hydroxyl groups excluding tert-OH is 1. The van der Waals surface area contributed by atoms with E-state index in [0.717, 1.165) is 22.1 Å². The van der Waals surface area contributed by atoms with Gasteiger partial charge in [-0.25, -0.2) is 0 Å². The van der Waals surface area contributed by atoms with Gasteiger partial charge >= 0.3 is 5.97 Å². The normalized spacial score (nSPS) is 12.1. The Morgan fingerprint density at radius 3 is 2.62 bits per heavy atom. The average molecular weight is 288 g/mol. The van der Waals surface area contributed by atoms with Crippen LogP contribution in [-0.4, -0.2) is 31.4 Å². The molecule has 4 nitrogen and oxygen atoms in total. The first-order valence-electron chi connectivity index (χ1n) is 7.01. The second kappa shape index (κ2) is 7.09. The number of carbonyl (C=O) groups excluding carboxylic acids is 1. The summed E-state index contributed by atoms with van der Waals surface area (Å²) in [6.45, 7) is 2.11. The third kappa shape index (κ3) is 3.73. The lowest BCUT2D eigenvalue weighted by Crippen LogP contribution is -2.14. The predicted octanol–water partition coefficient (Wildman–Crippen LogP) is 2.88. The van der Waals surface area contributed by atoms with Crippen molar-refractivity contribution in [2.75, 3.05) is 20.3 Å². The number of carbonyl (C=O) groups is 1. The fraction of sp³-hybridized carbons (Fsp3) is 0.353. The molecule has 21 heavy (non-hydrogen) atoms. The van der Waals surface area contributed by atoms with Crippen LogP contribution in [0.5, 0.6) is 5.75 Å². The van der Waals surface area contributed by atoms with Gasteiger partial charge in [-0.2, -0.15) is 0 Å². The Balaban J connectivity index is 2.16. The number of ether oxygens (including phenoxy) is 2. The van der Waals surface area contributed by atoms with E-state index in [1.165, 1.54) is 0 Å². The average Bonchev–Trinajstić information content (AvgIpc) is 2.53. The van der Waals surface area contributed by atoms with Crippen molar-refractivity contribution < 1.29 is 19.4 Å². The topological polar surface area (TPSA) is 55.8 Å². The molecular formula is C17H20O4. The van der Waals surface area contributed by atoms with Crippen molar-refractivity contribution >= 4 is 16.7 Å². The highest BCUT2D eigenvalue weighted by molar-refractivity contribution is 5.86. The maximum Gasteiger partial charge on any atom is 0.313 e. The van der Waals surface area contributed by atoms with Crippen LogP contribution in [0, 0.1) is 0 Å². The third-order valence-electron chi connectivity index (χ3n) is 3.47. The van der Waals surface area contributed by atoms with Gasteiger partial charge in [-0.3, -0.25) is 4.79 Å². The molecule has 0 fully saturated rings. The monoisotopic (exact) mass is 288 g/mol. The quantitative estimate of drug-likeness (QED) is 0.656. The molecule has 0 heterocycles. The molecule has 0 saturated heterocycles. The van der Waals surface area contributed by atoms with Crippen LogP contribution in [0.2, 0.25) is 0 Å². The Kier molecular flexibility index (Phi) is 5.17. The third-order valence-corrected chi connectivity index (χ3v) is 3.47. The van der Waals surface area contributed by atoms with E-state index in [-0.39, 0.29) is 25.1 Å². The Labute approximate surface area is 124 Å². The van der Waals surface area contributed by atoms with E-state index in [0.29, 0.717) is 6.42 Å². The summed E-state index contributed by atoms with van der Waals surface area (Å²) in [5.74, 6) is 0.221. The van der Waals surface area contributed by atoms with Crippen LogP contribution < -0.4 is 4.74 Å². The van der Waals surface area contributed by atoms with Crippen LogP contribution in [0.4, 0.5) is 0 Å². The van der Waals surface area contributed by atoms with Gasteiger partial charge in [0.15, 0.2) is 0 Å². The van der Waals surface area contributed by atoms with Crippen LogP contribution in [0.1, 0.15) is 24.8 Å². The minimum atomic E-state index is -0.324. The van der Waals surface area contributed by atoms with E-state index in [1.807, 2.05) is 43.3 Å². The number of esters is 1. The molecule has 0 aliphatic heterocycles. The molecule has 2 rings (SSSR count). The molecule has 2 aromatic rings. The standard InChI is InChI=1S/C17H20O4/c1-12(17(19)21-9-3-8-18)13-4-5-15-11-16(20-2)7-6-14(15)10-13/h4-7,10-12,18H,3,8-9H2,1-2H3/t12-/m0/s1. The van der Waals surface area contributed by atoms with Gasteiger partial charge in [0, 0.05) is 13.0 Å². The van der Waals surface area contributed by atoms with Gasteiger partial charge in [0.25, 0.3) is 0 Å². The Morgan fingerprint density at radius 2 is 1.90 bits per heavy atom.